The van der Waals surface area contributed by atoms with Gasteiger partial charge in [0.1, 0.15) is 42.5 Å². The summed E-state index contributed by atoms with van der Waals surface area (Å²) in [6, 6.07) is 26.9. The number of fused-ring (bicyclic) bond motifs is 1. The number of rotatable bonds is 19. The molecule has 6 aromatic rings. The molecule has 1 unspecified atom stereocenters. The zero-order chi connectivity index (χ0) is 50.2. The van der Waals surface area contributed by atoms with Crippen LogP contribution in [0.1, 0.15) is 62.4 Å². The third-order valence-electron chi connectivity index (χ3n) is 13.4. The van der Waals surface area contributed by atoms with E-state index in [0.717, 1.165) is 93.2 Å². The monoisotopic (exact) mass is 986 g/mol. The number of phenolic OH excluding ortho intramolecular Hbond substituents is 2. The highest BCUT2D eigenvalue weighted by Gasteiger charge is 2.44. The van der Waals surface area contributed by atoms with Gasteiger partial charge in [-0.25, -0.2) is 4.98 Å². The van der Waals surface area contributed by atoms with Gasteiger partial charge in [0.2, 0.25) is 17.7 Å². The number of hydrogen-bond acceptors (Lipinski definition) is 12. The van der Waals surface area contributed by atoms with Crippen molar-refractivity contribution in [2.75, 3.05) is 52.6 Å². The first kappa shape index (κ1) is 51.1. The summed E-state index contributed by atoms with van der Waals surface area (Å²) in [5.74, 6) is -0.0105. The fraction of sp³-hybridized carbons (Fsp3) is 0.418. The van der Waals surface area contributed by atoms with Crippen LogP contribution in [0.15, 0.2) is 96.5 Å². The number of piperidine rings is 1. The minimum Gasteiger partial charge on any atom is -0.508 e. The smallest absolute Gasteiger partial charge is 0.246 e. The van der Waals surface area contributed by atoms with Crippen LogP contribution in [-0.4, -0.2) is 129 Å². The van der Waals surface area contributed by atoms with Gasteiger partial charge in [0.05, 0.1) is 47.2 Å². The number of likely N-dealkylation sites (tertiary alicyclic amines) is 2. The van der Waals surface area contributed by atoms with Crippen molar-refractivity contribution in [1.29, 1.82) is 0 Å². The minimum absolute atomic E-state index is 0.00724. The van der Waals surface area contributed by atoms with Crippen LogP contribution in [0.25, 0.3) is 32.6 Å². The van der Waals surface area contributed by atoms with Gasteiger partial charge in [-0.3, -0.25) is 19.3 Å². The van der Waals surface area contributed by atoms with Gasteiger partial charge in [0.15, 0.2) is 0 Å². The van der Waals surface area contributed by atoms with Gasteiger partial charge in [-0.1, -0.05) is 57.2 Å². The van der Waals surface area contributed by atoms with E-state index in [-0.39, 0.29) is 56.2 Å². The number of aryl methyl sites for hydroxylation is 2. The predicted molar refractivity (Wildman–Crippen MR) is 274 cm³/mol. The Balaban J connectivity index is 0.724. The Morgan fingerprint density at radius 1 is 0.859 bits per heavy atom. The summed E-state index contributed by atoms with van der Waals surface area (Å²) >= 11 is 1.58. The summed E-state index contributed by atoms with van der Waals surface area (Å²) < 4.78 is 20.2. The topological polar surface area (TPSA) is 188 Å². The number of nitrogens with one attached hydrogen (secondary N) is 2. The summed E-state index contributed by atoms with van der Waals surface area (Å²) in [6.45, 7) is 13.8. The molecule has 0 saturated carbocycles. The number of aliphatic hydroxyl groups excluding tert-OH is 1. The number of thiazole rings is 1. The van der Waals surface area contributed by atoms with Crippen LogP contribution < -0.4 is 15.4 Å². The maximum absolute atomic E-state index is 14.0. The average molecular weight is 987 g/mol. The van der Waals surface area contributed by atoms with E-state index in [0.29, 0.717) is 19.8 Å². The number of hydrogen-bond donors (Lipinski definition) is 5. The zero-order valence-corrected chi connectivity index (χ0v) is 42.0. The number of carbonyl (C=O) groups is 3. The van der Waals surface area contributed by atoms with E-state index in [9.17, 15) is 29.7 Å². The van der Waals surface area contributed by atoms with E-state index in [1.54, 1.807) is 35.6 Å². The largest absolute Gasteiger partial charge is 0.508 e. The second kappa shape index (κ2) is 22.8. The Bertz CT molecular complexity index is 2760. The van der Waals surface area contributed by atoms with E-state index in [1.165, 1.54) is 4.90 Å². The lowest BCUT2D eigenvalue weighted by Gasteiger charge is -2.35. The van der Waals surface area contributed by atoms with E-state index in [1.807, 2.05) is 87.8 Å². The van der Waals surface area contributed by atoms with Crippen LogP contribution >= 0.6 is 11.3 Å². The lowest BCUT2D eigenvalue weighted by atomic mass is 9.85. The lowest BCUT2D eigenvalue weighted by Crippen LogP contribution is -2.58. The lowest BCUT2D eigenvalue weighted by molar-refractivity contribution is -0.144. The van der Waals surface area contributed by atoms with Crippen molar-refractivity contribution >= 4 is 40.0 Å². The molecule has 2 aromatic heterocycles. The number of carbonyl (C=O) groups excluding carboxylic acids is 3. The van der Waals surface area contributed by atoms with Crippen LogP contribution in [0.4, 0.5) is 0 Å². The second-order valence-corrected chi connectivity index (χ2v) is 20.6. The molecule has 8 rings (SSSR count). The molecule has 376 valence electrons. The van der Waals surface area contributed by atoms with Gasteiger partial charge in [0, 0.05) is 56.6 Å². The SMILES string of the molecule is Cc1ncsc1-c1ccc(CNC(=O)[C@@H]2C[C@@H](O)CN2C(=O)C(NC(=O)COCCOC2CCN(CCOc3ccc(Cn4c(-c5ccc(O)cc5)c(C)c5cc(O)ccc54)cc3)CC2)C(C)(C)C)cc1. The molecule has 0 radical (unpaired) electrons. The molecule has 4 aromatic carbocycles. The van der Waals surface area contributed by atoms with E-state index in [2.05, 4.69) is 44.1 Å². The highest BCUT2D eigenvalue weighted by molar-refractivity contribution is 7.13. The molecule has 4 heterocycles. The molecule has 3 amide bonds. The molecule has 2 aliphatic heterocycles. The quantitative estimate of drug-likeness (QED) is 0.0517. The Morgan fingerprint density at radius 3 is 2.24 bits per heavy atom. The van der Waals surface area contributed by atoms with Crippen molar-refractivity contribution in [2.24, 2.45) is 5.41 Å². The van der Waals surface area contributed by atoms with Crippen molar-refractivity contribution in [3.05, 3.63) is 119 Å². The molecule has 5 N–H and O–H groups in total. The van der Waals surface area contributed by atoms with Gasteiger partial charge in [-0.15, -0.1) is 11.3 Å². The van der Waals surface area contributed by atoms with Gasteiger partial charge in [0.25, 0.3) is 0 Å². The molecule has 71 heavy (non-hydrogen) atoms. The maximum Gasteiger partial charge on any atom is 0.246 e. The molecule has 2 aliphatic rings. The third kappa shape index (κ3) is 12.8. The first-order valence-electron chi connectivity index (χ1n) is 24.4. The van der Waals surface area contributed by atoms with Gasteiger partial charge in [-0.2, -0.15) is 0 Å². The third-order valence-corrected chi connectivity index (χ3v) is 14.4. The van der Waals surface area contributed by atoms with Crippen molar-refractivity contribution < 1.29 is 43.9 Å². The highest BCUT2D eigenvalue weighted by atomic mass is 32.1. The predicted octanol–water partition coefficient (Wildman–Crippen LogP) is 7.19. The van der Waals surface area contributed by atoms with Crippen molar-refractivity contribution in [3.63, 3.8) is 0 Å². The number of β-amino-alcohol motifs (C(OH)–C–C–N with tert-alkyl or cyclic N) is 1. The van der Waals surface area contributed by atoms with Crippen LogP contribution in [-0.2, 0) is 36.9 Å². The van der Waals surface area contributed by atoms with Gasteiger partial charge < -0.3 is 49.6 Å². The van der Waals surface area contributed by atoms with E-state index >= 15 is 0 Å². The van der Waals surface area contributed by atoms with Gasteiger partial charge in [-0.05, 0) is 115 Å². The molecular weight excluding hydrogens is 921 g/mol. The number of phenols is 2. The summed E-state index contributed by atoms with van der Waals surface area (Å²) in [5, 5.41) is 37.5. The maximum atomic E-state index is 14.0. The fourth-order valence-electron chi connectivity index (χ4n) is 9.55. The van der Waals surface area contributed by atoms with E-state index in [4.69, 9.17) is 14.2 Å². The molecule has 2 saturated heterocycles. The summed E-state index contributed by atoms with van der Waals surface area (Å²) in [7, 11) is 0. The molecule has 3 atom stereocenters. The Labute approximate surface area is 419 Å². The van der Waals surface area contributed by atoms with Crippen LogP contribution in [0.3, 0.4) is 0 Å². The standard InChI is InChI=1S/C55H66N6O9S/c1-35-46-28-42(63)16-19-47(46)60(50(35)39-12-14-41(62)15-13-39)31-38-8-17-44(18-9-38)69-25-24-59-22-20-45(21-23-59)70-27-26-68-33-49(65)58-52(55(3,4)5)54(67)61-32-43(64)29-48(61)53(66)56-30-37-6-10-40(11-7-37)51-36(2)57-34-71-51/h6-19,28,34,43,45,48,52,62-64H,20-27,29-33H2,1-5H3,(H,56,66)(H,58,65)/t43-,48+,52?/m1/s1. The van der Waals surface area contributed by atoms with Crippen molar-refractivity contribution in [1.82, 2.24) is 30.0 Å². The highest BCUT2D eigenvalue weighted by Crippen LogP contribution is 2.37. The van der Waals surface area contributed by atoms with Gasteiger partial charge >= 0.3 is 0 Å². The molecular formula is C55H66N6O9S. The average Bonchev–Trinajstić information content (AvgIpc) is 4.05. The van der Waals surface area contributed by atoms with Crippen LogP contribution in [0.2, 0.25) is 0 Å². The van der Waals surface area contributed by atoms with Crippen molar-refractivity contribution in [2.45, 2.75) is 91.3 Å². The Kier molecular flexibility index (Phi) is 16.4. The zero-order valence-electron chi connectivity index (χ0n) is 41.2. The van der Waals surface area contributed by atoms with Crippen LogP contribution in [0.5, 0.6) is 17.2 Å². The Hall–Kier alpha value is -6.30. The molecule has 0 aliphatic carbocycles. The normalized spacial score (nSPS) is 17.1. The van der Waals surface area contributed by atoms with E-state index < -0.39 is 35.4 Å². The van der Waals surface area contributed by atoms with Crippen LogP contribution in [0, 0.1) is 19.3 Å². The number of aromatic nitrogens is 2. The number of aromatic hydroxyl groups is 2. The number of nitrogens with zero attached hydrogens (tertiary/aromatic N) is 4. The summed E-state index contributed by atoms with van der Waals surface area (Å²) in [4.78, 5) is 49.8. The minimum atomic E-state index is -0.952. The molecule has 0 bridgehead atoms. The number of benzene rings is 4. The number of amides is 3. The molecule has 2 fully saturated rings. The number of ether oxygens (including phenoxy) is 3. The molecule has 15 nitrogen and oxygen atoms in total. The molecule has 16 heteroatoms. The second-order valence-electron chi connectivity index (χ2n) is 19.7. The fourth-order valence-corrected chi connectivity index (χ4v) is 10.4. The first-order valence-corrected chi connectivity index (χ1v) is 25.3. The number of aliphatic hydroxyl groups is 1. The molecule has 0 spiro atoms. The van der Waals surface area contributed by atoms with Crippen molar-refractivity contribution in [3.8, 4) is 38.9 Å². The summed E-state index contributed by atoms with van der Waals surface area (Å²) in [5.41, 5.74) is 9.25. The Morgan fingerprint density at radius 2 is 1.55 bits per heavy atom. The first-order chi connectivity index (χ1) is 34.1. The summed E-state index contributed by atoms with van der Waals surface area (Å²) in [6.07, 6.45) is 1.06.